The van der Waals surface area contributed by atoms with Crippen LogP contribution in [0.3, 0.4) is 0 Å². The van der Waals surface area contributed by atoms with Gasteiger partial charge in [-0.2, -0.15) is 0 Å². The van der Waals surface area contributed by atoms with Gasteiger partial charge in [0.25, 0.3) is 0 Å². The summed E-state index contributed by atoms with van der Waals surface area (Å²) in [5.74, 6) is 3.27. The van der Waals surface area contributed by atoms with Crippen LogP contribution in [0, 0.1) is 0 Å². The van der Waals surface area contributed by atoms with E-state index in [4.69, 9.17) is 9.72 Å². The molecular formula is C53H48BN5O. The number of para-hydroxylation sites is 3. The van der Waals surface area contributed by atoms with Crippen molar-refractivity contribution in [3.05, 3.63) is 187 Å². The molecule has 10 rings (SSSR count). The van der Waals surface area contributed by atoms with E-state index in [1.807, 2.05) is 12.3 Å². The Morgan fingerprint density at radius 2 is 1.13 bits per heavy atom. The highest BCUT2D eigenvalue weighted by molar-refractivity contribution is 6.77. The van der Waals surface area contributed by atoms with Crippen LogP contribution in [0.5, 0.6) is 11.5 Å². The molecule has 0 saturated heterocycles. The van der Waals surface area contributed by atoms with Crippen LogP contribution in [0.2, 0.25) is 0 Å². The van der Waals surface area contributed by atoms with Gasteiger partial charge in [-0.05, 0) is 89.1 Å². The van der Waals surface area contributed by atoms with Crippen molar-refractivity contribution in [2.45, 2.75) is 39.5 Å². The minimum absolute atomic E-state index is 0.0132. The molecule has 2 aliphatic rings. The van der Waals surface area contributed by atoms with Crippen LogP contribution in [-0.4, -0.2) is 30.2 Å². The first-order valence-electron chi connectivity index (χ1n) is 21.0. The zero-order valence-electron chi connectivity index (χ0n) is 34.8. The van der Waals surface area contributed by atoms with Crippen molar-refractivity contribution in [3.8, 4) is 45.1 Å². The van der Waals surface area contributed by atoms with Gasteiger partial charge in [0.2, 0.25) is 0 Å². The third kappa shape index (κ3) is 6.42. The second kappa shape index (κ2) is 15.3. The van der Waals surface area contributed by atoms with E-state index in [0.29, 0.717) is 18.5 Å². The summed E-state index contributed by atoms with van der Waals surface area (Å²) >= 11 is 0. The lowest BCUT2D eigenvalue weighted by Gasteiger charge is -2.37. The number of ether oxygens (including phenoxy) is 1. The second-order valence-electron chi connectivity index (χ2n) is 16.5. The number of rotatable bonds is 9. The lowest BCUT2D eigenvalue weighted by Crippen LogP contribution is -2.56. The van der Waals surface area contributed by atoms with Crippen molar-refractivity contribution in [1.82, 2.24) is 9.46 Å². The van der Waals surface area contributed by atoms with Gasteiger partial charge in [-0.1, -0.05) is 143 Å². The first-order valence-corrected chi connectivity index (χ1v) is 21.0. The summed E-state index contributed by atoms with van der Waals surface area (Å²) in [6, 6.07) is 58.5. The van der Waals surface area contributed by atoms with Crippen LogP contribution in [0.15, 0.2) is 176 Å². The standard InChI is InChI=1S/C53H48BN5O/c1-36(2)43-23-15-24-44(37(3)4)51(43)54-56(5)48-30-29-42(34-47(48)53-55-31-32-59(53)54)60-41-22-14-21-40(33-41)57-35-58(50-28-13-12-27-49(50)57)52-45(38-17-8-6-9-18-38)25-16-26-46(52)39-19-10-7-11-20-39/h6-34,36-37H,35H2,1-5H3. The van der Waals surface area contributed by atoms with Gasteiger partial charge in [0.1, 0.15) is 24.0 Å². The fraction of sp³-hybridized carbons (Fsp3) is 0.151. The molecule has 7 aromatic carbocycles. The van der Waals surface area contributed by atoms with Crippen molar-refractivity contribution >= 4 is 40.9 Å². The Hall–Kier alpha value is -6.99. The maximum absolute atomic E-state index is 6.74. The lowest BCUT2D eigenvalue weighted by atomic mass is 9.58. The van der Waals surface area contributed by atoms with Gasteiger partial charge < -0.3 is 23.8 Å². The van der Waals surface area contributed by atoms with Crippen molar-refractivity contribution in [1.29, 1.82) is 0 Å². The fourth-order valence-corrected chi connectivity index (χ4v) is 9.36. The summed E-state index contributed by atoms with van der Waals surface area (Å²) in [4.78, 5) is 12.2. The van der Waals surface area contributed by atoms with Crippen molar-refractivity contribution in [3.63, 3.8) is 0 Å². The number of imidazole rings is 1. The predicted molar refractivity (Wildman–Crippen MR) is 251 cm³/mol. The smallest absolute Gasteiger partial charge is 0.417 e. The highest BCUT2D eigenvalue weighted by Crippen LogP contribution is 2.50. The Bertz CT molecular complexity index is 2750. The quantitative estimate of drug-likeness (QED) is 0.136. The molecule has 0 unspecified atom stereocenters. The molecule has 0 amide bonds. The first-order chi connectivity index (χ1) is 29.4. The average molecular weight is 782 g/mol. The van der Waals surface area contributed by atoms with Crippen LogP contribution in [-0.2, 0) is 0 Å². The molecule has 0 aliphatic carbocycles. The zero-order chi connectivity index (χ0) is 40.9. The molecule has 7 heteroatoms. The van der Waals surface area contributed by atoms with Gasteiger partial charge in [-0.25, -0.2) is 4.98 Å². The molecule has 0 bridgehead atoms. The molecule has 6 nitrogen and oxygen atoms in total. The van der Waals surface area contributed by atoms with Crippen LogP contribution >= 0.6 is 0 Å². The highest BCUT2D eigenvalue weighted by Gasteiger charge is 2.39. The number of fused-ring (bicyclic) bond motifs is 4. The third-order valence-electron chi connectivity index (χ3n) is 12.2. The molecule has 8 aromatic rings. The Morgan fingerprint density at radius 3 is 1.78 bits per heavy atom. The van der Waals surface area contributed by atoms with Crippen LogP contribution in [0.25, 0.3) is 33.6 Å². The zero-order valence-corrected chi connectivity index (χ0v) is 34.8. The molecule has 0 radical (unpaired) electrons. The Balaban J connectivity index is 0.990. The molecule has 3 heterocycles. The number of hydrogen-bond acceptors (Lipinski definition) is 5. The number of aromatic nitrogens is 2. The third-order valence-corrected chi connectivity index (χ3v) is 12.2. The number of hydrogen-bond donors (Lipinski definition) is 0. The fourth-order valence-electron chi connectivity index (χ4n) is 9.36. The van der Waals surface area contributed by atoms with Gasteiger partial charge in [0.05, 0.1) is 17.1 Å². The van der Waals surface area contributed by atoms with Crippen molar-refractivity contribution in [2.24, 2.45) is 0 Å². The minimum Gasteiger partial charge on any atom is -0.457 e. The second-order valence-corrected chi connectivity index (χ2v) is 16.5. The number of anilines is 5. The molecule has 1 aromatic heterocycles. The van der Waals surface area contributed by atoms with E-state index < -0.39 is 0 Å². The van der Waals surface area contributed by atoms with E-state index >= 15 is 0 Å². The van der Waals surface area contributed by atoms with Crippen LogP contribution < -0.4 is 24.8 Å². The molecule has 0 spiro atoms. The molecule has 0 fully saturated rings. The van der Waals surface area contributed by atoms with E-state index in [-0.39, 0.29) is 6.98 Å². The number of nitrogens with zero attached hydrogens (tertiary/aromatic N) is 5. The summed E-state index contributed by atoms with van der Waals surface area (Å²) in [5.41, 5.74) is 15.6. The maximum Gasteiger partial charge on any atom is 0.417 e. The van der Waals surface area contributed by atoms with Crippen LogP contribution in [0.4, 0.5) is 28.4 Å². The summed E-state index contributed by atoms with van der Waals surface area (Å²) in [6.45, 7) is 9.79. The highest BCUT2D eigenvalue weighted by atomic mass is 16.5. The van der Waals surface area contributed by atoms with E-state index in [9.17, 15) is 0 Å². The number of benzene rings is 7. The largest absolute Gasteiger partial charge is 0.457 e. The molecule has 0 N–H and O–H groups in total. The van der Waals surface area contributed by atoms with E-state index in [1.165, 1.54) is 44.5 Å². The van der Waals surface area contributed by atoms with E-state index in [0.717, 1.165) is 45.6 Å². The van der Waals surface area contributed by atoms with Gasteiger partial charge >= 0.3 is 6.98 Å². The van der Waals surface area contributed by atoms with E-state index in [1.54, 1.807) is 0 Å². The monoisotopic (exact) mass is 781 g/mol. The summed E-state index contributed by atoms with van der Waals surface area (Å²) < 4.78 is 9.07. The van der Waals surface area contributed by atoms with Crippen molar-refractivity contribution < 1.29 is 4.74 Å². The first kappa shape index (κ1) is 37.3. The van der Waals surface area contributed by atoms with Gasteiger partial charge in [0.15, 0.2) is 0 Å². The van der Waals surface area contributed by atoms with E-state index in [2.05, 4.69) is 218 Å². The Morgan fingerprint density at radius 1 is 0.550 bits per heavy atom. The van der Waals surface area contributed by atoms with Gasteiger partial charge in [-0.3, -0.25) is 0 Å². The van der Waals surface area contributed by atoms with Gasteiger partial charge in [0, 0.05) is 46.5 Å². The lowest BCUT2D eigenvalue weighted by molar-refractivity contribution is 0.483. The van der Waals surface area contributed by atoms with Crippen LogP contribution in [0.1, 0.15) is 50.7 Å². The molecule has 294 valence electrons. The predicted octanol–water partition coefficient (Wildman–Crippen LogP) is 12.9. The van der Waals surface area contributed by atoms with Gasteiger partial charge in [-0.15, -0.1) is 0 Å². The average Bonchev–Trinajstić information content (AvgIpc) is 3.93. The Kier molecular flexibility index (Phi) is 9.52. The van der Waals surface area contributed by atoms with Crippen molar-refractivity contribution in [2.75, 3.05) is 28.3 Å². The summed E-state index contributed by atoms with van der Waals surface area (Å²) in [6.07, 6.45) is 4.05. The summed E-state index contributed by atoms with van der Waals surface area (Å²) in [7, 11) is 2.20. The maximum atomic E-state index is 6.74. The topological polar surface area (TPSA) is 36.8 Å². The minimum atomic E-state index is -0.0132. The normalized spacial score (nSPS) is 13.2. The summed E-state index contributed by atoms with van der Waals surface area (Å²) in [5, 5.41) is 0. The molecule has 60 heavy (non-hydrogen) atoms. The molecule has 2 aliphatic heterocycles. The molecular weight excluding hydrogens is 733 g/mol. The molecule has 0 atom stereocenters. The molecule has 0 saturated carbocycles. The Labute approximate surface area is 354 Å². The SMILES string of the molecule is CC(C)c1cccc(C(C)C)c1B1N(C)c2ccc(Oc3cccc(N4CN(c5c(-c6ccccc6)cccc5-c5ccccc5)c5ccccc54)c3)cc2-c2nccn21.